The molecule has 114 valence electrons. The summed E-state index contributed by atoms with van der Waals surface area (Å²) in [7, 11) is 0. The average Bonchev–Trinajstić information content (AvgIpc) is 2.88. The number of likely N-dealkylation sites (tertiary alicyclic amines) is 1. The molecule has 0 N–H and O–H groups in total. The molecule has 2 nitrogen and oxygen atoms in total. The van der Waals surface area contributed by atoms with Crippen molar-refractivity contribution in [2.75, 3.05) is 6.54 Å². The van der Waals surface area contributed by atoms with E-state index in [0.717, 1.165) is 30.7 Å². The standard InChI is InChI=1S/C18H31NO/c1-13-9-10-15(12-14(13)2)19-11-4-3-7-17(19)16-6-5-8-18(16)20/h13-17H,3-12H2,1-2H3. The number of rotatable bonds is 2. The summed E-state index contributed by atoms with van der Waals surface area (Å²) in [4.78, 5) is 15.0. The smallest absolute Gasteiger partial charge is 0.137 e. The van der Waals surface area contributed by atoms with Gasteiger partial charge >= 0.3 is 0 Å². The van der Waals surface area contributed by atoms with E-state index < -0.39 is 0 Å². The molecule has 20 heavy (non-hydrogen) atoms. The Labute approximate surface area is 124 Å². The molecule has 0 aromatic carbocycles. The van der Waals surface area contributed by atoms with Crippen molar-refractivity contribution in [3.05, 3.63) is 0 Å². The van der Waals surface area contributed by atoms with Crippen LogP contribution in [0.5, 0.6) is 0 Å². The van der Waals surface area contributed by atoms with Crippen LogP contribution in [0.1, 0.15) is 71.6 Å². The van der Waals surface area contributed by atoms with Crippen molar-refractivity contribution in [2.45, 2.75) is 83.7 Å². The number of ketones is 1. The van der Waals surface area contributed by atoms with Crippen molar-refractivity contribution in [2.24, 2.45) is 17.8 Å². The van der Waals surface area contributed by atoms with Crippen LogP contribution in [0, 0.1) is 17.8 Å². The van der Waals surface area contributed by atoms with Crippen LogP contribution in [0.2, 0.25) is 0 Å². The Morgan fingerprint density at radius 1 is 0.950 bits per heavy atom. The zero-order valence-corrected chi connectivity index (χ0v) is 13.3. The lowest BCUT2D eigenvalue weighted by Crippen LogP contribution is -2.52. The second-order valence-electron chi connectivity index (χ2n) is 7.69. The maximum atomic E-state index is 12.2. The fraction of sp³-hybridized carbons (Fsp3) is 0.944. The van der Waals surface area contributed by atoms with E-state index >= 15 is 0 Å². The first-order chi connectivity index (χ1) is 9.66. The van der Waals surface area contributed by atoms with Crippen LogP contribution in [0.4, 0.5) is 0 Å². The number of nitrogens with zero attached hydrogens (tertiary/aromatic N) is 1. The van der Waals surface area contributed by atoms with Gasteiger partial charge in [0, 0.05) is 24.4 Å². The van der Waals surface area contributed by atoms with Crippen LogP contribution in [-0.4, -0.2) is 29.3 Å². The summed E-state index contributed by atoms with van der Waals surface area (Å²) in [5.41, 5.74) is 0. The van der Waals surface area contributed by atoms with Crippen LogP contribution in [0.25, 0.3) is 0 Å². The third-order valence-electron chi connectivity index (χ3n) is 6.45. The molecule has 1 aliphatic heterocycles. The predicted molar refractivity (Wildman–Crippen MR) is 82.7 cm³/mol. The summed E-state index contributed by atoms with van der Waals surface area (Å²) in [6.45, 7) is 6.09. The monoisotopic (exact) mass is 277 g/mol. The Morgan fingerprint density at radius 3 is 2.50 bits per heavy atom. The number of hydrogen-bond donors (Lipinski definition) is 0. The molecule has 1 heterocycles. The number of hydrogen-bond acceptors (Lipinski definition) is 2. The highest BCUT2D eigenvalue weighted by Crippen LogP contribution is 2.38. The quantitative estimate of drug-likeness (QED) is 0.759. The summed E-state index contributed by atoms with van der Waals surface area (Å²) < 4.78 is 0. The molecular formula is C18H31NO. The van der Waals surface area contributed by atoms with Crippen LogP contribution in [0.3, 0.4) is 0 Å². The van der Waals surface area contributed by atoms with Gasteiger partial charge in [0.15, 0.2) is 0 Å². The van der Waals surface area contributed by atoms with Gasteiger partial charge in [-0.1, -0.05) is 20.3 Å². The van der Waals surface area contributed by atoms with E-state index in [4.69, 9.17) is 0 Å². The molecule has 5 unspecified atom stereocenters. The van der Waals surface area contributed by atoms with Gasteiger partial charge in [-0.2, -0.15) is 0 Å². The van der Waals surface area contributed by atoms with Crippen LogP contribution >= 0.6 is 0 Å². The topological polar surface area (TPSA) is 20.3 Å². The lowest BCUT2D eigenvalue weighted by atomic mass is 9.76. The van der Waals surface area contributed by atoms with E-state index in [2.05, 4.69) is 18.7 Å². The first kappa shape index (κ1) is 14.6. The SMILES string of the molecule is CC1CCC(N2CCCCC2C2CCCC2=O)CC1C. The van der Waals surface area contributed by atoms with Gasteiger partial charge in [-0.3, -0.25) is 9.69 Å². The third-order valence-corrected chi connectivity index (χ3v) is 6.45. The van der Waals surface area contributed by atoms with Crippen molar-refractivity contribution in [1.29, 1.82) is 0 Å². The molecule has 2 heteroatoms. The Bertz CT molecular complexity index is 353. The van der Waals surface area contributed by atoms with E-state index in [0.29, 0.717) is 17.7 Å². The normalized spacial score (nSPS) is 43.9. The van der Waals surface area contributed by atoms with E-state index in [1.165, 1.54) is 51.5 Å². The number of carbonyl (C=O) groups is 1. The first-order valence-electron chi connectivity index (χ1n) is 8.95. The summed E-state index contributed by atoms with van der Waals surface area (Å²) in [6.07, 6.45) is 11.2. The molecule has 0 aromatic rings. The van der Waals surface area contributed by atoms with Gasteiger partial charge in [-0.05, 0) is 63.3 Å². The summed E-state index contributed by atoms with van der Waals surface area (Å²) in [6, 6.07) is 1.35. The Hall–Kier alpha value is -0.370. The minimum absolute atomic E-state index is 0.380. The number of piperidine rings is 1. The molecule has 0 aromatic heterocycles. The number of carbonyl (C=O) groups excluding carboxylic acids is 1. The highest BCUT2D eigenvalue weighted by Gasteiger charge is 2.40. The molecule has 3 rings (SSSR count). The molecule has 1 saturated heterocycles. The van der Waals surface area contributed by atoms with Gasteiger partial charge in [0.1, 0.15) is 5.78 Å². The van der Waals surface area contributed by atoms with Crippen molar-refractivity contribution in [3.63, 3.8) is 0 Å². The molecule has 3 fully saturated rings. The van der Waals surface area contributed by atoms with Crippen LogP contribution in [-0.2, 0) is 4.79 Å². The molecule has 0 bridgehead atoms. The fourth-order valence-corrected chi connectivity index (χ4v) is 4.94. The number of Topliss-reactive ketones (excluding diaryl/α,β-unsaturated/α-hetero) is 1. The second kappa shape index (κ2) is 6.17. The van der Waals surface area contributed by atoms with E-state index in [1.807, 2.05) is 0 Å². The van der Waals surface area contributed by atoms with Gasteiger partial charge in [0.2, 0.25) is 0 Å². The summed E-state index contributed by atoms with van der Waals surface area (Å²) in [5, 5.41) is 0. The zero-order valence-electron chi connectivity index (χ0n) is 13.3. The van der Waals surface area contributed by atoms with Gasteiger partial charge in [0.25, 0.3) is 0 Å². The van der Waals surface area contributed by atoms with Crippen molar-refractivity contribution >= 4 is 5.78 Å². The molecule has 5 atom stereocenters. The summed E-state index contributed by atoms with van der Waals surface area (Å²) in [5.74, 6) is 2.70. The van der Waals surface area contributed by atoms with E-state index in [-0.39, 0.29) is 0 Å². The molecule has 0 spiro atoms. The molecule has 2 aliphatic carbocycles. The Morgan fingerprint density at radius 2 is 1.80 bits per heavy atom. The largest absolute Gasteiger partial charge is 0.299 e. The first-order valence-corrected chi connectivity index (χ1v) is 8.95. The maximum absolute atomic E-state index is 12.2. The van der Waals surface area contributed by atoms with E-state index in [1.54, 1.807) is 0 Å². The molecule has 0 radical (unpaired) electrons. The highest BCUT2D eigenvalue weighted by atomic mass is 16.1. The molecular weight excluding hydrogens is 246 g/mol. The van der Waals surface area contributed by atoms with Gasteiger partial charge < -0.3 is 0 Å². The minimum Gasteiger partial charge on any atom is -0.299 e. The highest BCUT2D eigenvalue weighted by molar-refractivity contribution is 5.83. The minimum atomic E-state index is 0.380. The average molecular weight is 277 g/mol. The van der Waals surface area contributed by atoms with Crippen LogP contribution < -0.4 is 0 Å². The lowest BCUT2D eigenvalue weighted by molar-refractivity contribution is -0.123. The fourth-order valence-electron chi connectivity index (χ4n) is 4.94. The molecule has 0 amide bonds. The van der Waals surface area contributed by atoms with Gasteiger partial charge in [-0.15, -0.1) is 0 Å². The Kier molecular flexibility index (Phi) is 4.49. The maximum Gasteiger partial charge on any atom is 0.137 e. The van der Waals surface area contributed by atoms with Crippen LogP contribution in [0.15, 0.2) is 0 Å². The Balaban J connectivity index is 1.70. The lowest BCUT2D eigenvalue weighted by Gasteiger charge is -2.47. The van der Waals surface area contributed by atoms with Gasteiger partial charge in [0.05, 0.1) is 0 Å². The molecule has 3 aliphatic rings. The van der Waals surface area contributed by atoms with E-state index in [9.17, 15) is 4.79 Å². The van der Waals surface area contributed by atoms with Crippen molar-refractivity contribution in [3.8, 4) is 0 Å². The van der Waals surface area contributed by atoms with Crippen molar-refractivity contribution < 1.29 is 4.79 Å². The van der Waals surface area contributed by atoms with Crippen molar-refractivity contribution in [1.82, 2.24) is 4.90 Å². The third kappa shape index (κ3) is 2.81. The summed E-state index contributed by atoms with van der Waals surface area (Å²) >= 11 is 0. The zero-order chi connectivity index (χ0) is 14.1. The predicted octanol–water partition coefficient (Wildman–Crippen LogP) is 4.03. The molecule has 2 saturated carbocycles. The second-order valence-corrected chi connectivity index (χ2v) is 7.69. The van der Waals surface area contributed by atoms with Gasteiger partial charge in [-0.25, -0.2) is 0 Å².